The molecule has 0 bridgehead atoms. The molecule has 0 fully saturated rings. The van der Waals surface area contributed by atoms with Crippen LogP contribution < -0.4 is 0 Å². The van der Waals surface area contributed by atoms with Crippen LogP contribution in [0.5, 0.6) is 0 Å². The van der Waals surface area contributed by atoms with Gasteiger partial charge in [0.2, 0.25) is 11.6 Å². The Labute approximate surface area is 106 Å². The highest BCUT2D eigenvalue weighted by atomic mass is 32.2. The van der Waals surface area contributed by atoms with E-state index in [-0.39, 0.29) is 11.1 Å². The number of carbonyl (C=O) groups is 2. The molecule has 0 saturated heterocycles. The normalized spacial score (nSPS) is 14.9. The van der Waals surface area contributed by atoms with Crippen molar-refractivity contribution in [2.24, 2.45) is 0 Å². The third-order valence-electron chi connectivity index (χ3n) is 2.49. The van der Waals surface area contributed by atoms with Gasteiger partial charge in [0.15, 0.2) is 0 Å². The summed E-state index contributed by atoms with van der Waals surface area (Å²) >= 11 is 0. The Morgan fingerprint density at radius 2 is 1.79 bits per heavy atom. The molecule has 1 aliphatic carbocycles. The van der Waals surface area contributed by atoms with Gasteiger partial charge in [-0.25, -0.2) is 0 Å². The summed E-state index contributed by atoms with van der Waals surface area (Å²) in [5.74, 6) is -2.11. The van der Waals surface area contributed by atoms with Gasteiger partial charge in [0.25, 0.3) is 15.8 Å². The summed E-state index contributed by atoms with van der Waals surface area (Å²) in [6, 6.07) is 2.77. The van der Waals surface area contributed by atoms with Crippen LogP contribution in [-0.4, -0.2) is 29.5 Å². The summed E-state index contributed by atoms with van der Waals surface area (Å²) in [5, 5.41) is 10.6. The quantitative estimate of drug-likeness (QED) is 0.363. The van der Waals surface area contributed by atoms with Crippen molar-refractivity contribution in [3.8, 4) is 0 Å². The van der Waals surface area contributed by atoms with E-state index in [9.17, 15) is 28.1 Å². The van der Waals surface area contributed by atoms with Crippen LogP contribution in [0.2, 0.25) is 0 Å². The predicted molar refractivity (Wildman–Crippen MR) is 62.0 cm³/mol. The van der Waals surface area contributed by atoms with Gasteiger partial charge in [0, 0.05) is 29.3 Å². The molecule has 9 heteroatoms. The lowest BCUT2D eigenvalue weighted by atomic mass is 9.95. The fourth-order valence-corrected chi connectivity index (χ4v) is 2.36. The molecule has 19 heavy (non-hydrogen) atoms. The van der Waals surface area contributed by atoms with Crippen LogP contribution in [0.25, 0.3) is 4.91 Å². The van der Waals surface area contributed by atoms with E-state index in [0.717, 1.165) is 18.2 Å². The second-order valence-electron chi connectivity index (χ2n) is 3.66. The number of non-ortho nitro benzene ring substituents is 1. The highest BCUT2D eigenvalue weighted by molar-refractivity contribution is 7.95. The van der Waals surface area contributed by atoms with Gasteiger partial charge in [-0.05, 0) is 6.07 Å². The lowest BCUT2D eigenvalue weighted by molar-refractivity contribution is -0.384. The molecule has 1 aromatic carbocycles. The number of ketones is 2. The number of allylic oxidation sites excluding steroid dienone is 1. The molecule has 0 radical (unpaired) electrons. The standard InChI is InChI=1S/C10H5NO7S/c12-8-4-9(19(16,17)18)7-3-5(11(14)15)1-2-6(7)10(8)13/h1-4H,(H,16,17,18). The minimum absolute atomic E-state index is 0.300. The first-order valence-electron chi connectivity index (χ1n) is 4.78. The largest absolute Gasteiger partial charge is 0.295 e. The SMILES string of the molecule is O=C1C=C(S(=O)(=O)O)c2cc([N+](=O)[O-])ccc2C1=O. The molecule has 0 aliphatic heterocycles. The van der Waals surface area contributed by atoms with Crippen LogP contribution in [0.4, 0.5) is 5.69 Å². The molecule has 0 aromatic heterocycles. The summed E-state index contributed by atoms with van der Waals surface area (Å²) in [7, 11) is -4.77. The number of nitrogens with zero attached hydrogens (tertiary/aromatic N) is 1. The molecule has 8 nitrogen and oxygen atoms in total. The number of nitro benzene ring substituents is 1. The van der Waals surface area contributed by atoms with Gasteiger partial charge >= 0.3 is 0 Å². The monoisotopic (exact) mass is 283 g/mol. The molecule has 0 spiro atoms. The van der Waals surface area contributed by atoms with Crippen molar-refractivity contribution in [3.63, 3.8) is 0 Å². The van der Waals surface area contributed by atoms with Crippen molar-refractivity contribution < 1.29 is 27.5 Å². The van der Waals surface area contributed by atoms with Crippen molar-refractivity contribution in [1.29, 1.82) is 0 Å². The number of carbonyl (C=O) groups excluding carboxylic acids is 2. The van der Waals surface area contributed by atoms with Crippen LogP contribution in [0, 0.1) is 10.1 Å². The smallest absolute Gasteiger partial charge is 0.286 e. The maximum atomic E-state index is 11.5. The topological polar surface area (TPSA) is 132 Å². The van der Waals surface area contributed by atoms with Gasteiger partial charge in [-0.1, -0.05) is 0 Å². The fourth-order valence-electron chi connectivity index (χ4n) is 1.66. The van der Waals surface area contributed by atoms with E-state index in [0.29, 0.717) is 6.08 Å². The molecular weight excluding hydrogens is 278 g/mol. The predicted octanol–water partition coefficient (Wildman–Crippen LogP) is 0.589. The zero-order valence-electron chi connectivity index (χ0n) is 9.06. The molecule has 0 unspecified atom stereocenters. The van der Waals surface area contributed by atoms with Crippen molar-refractivity contribution >= 4 is 32.3 Å². The molecule has 0 amide bonds. The van der Waals surface area contributed by atoms with Gasteiger partial charge in [-0.2, -0.15) is 8.42 Å². The number of hydrogen-bond acceptors (Lipinski definition) is 6. The summed E-state index contributed by atoms with van der Waals surface area (Å²) in [6.45, 7) is 0. The number of hydrogen-bond donors (Lipinski definition) is 1. The van der Waals surface area contributed by atoms with Crippen LogP contribution in [0.1, 0.15) is 15.9 Å². The van der Waals surface area contributed by atoms with E-state index >= 15 is 0 Å². The Balaban J connectivity index is 2.80. The van der Waals surface area contributed by atoms with Gasteiger partial charge in [-0.3, -0.25) is 24.3 Å². The molecule has 0 saturated carbocycles. The van der Waals surface area contributed by atoms with E-state index in [4.69, 9.17) is 4.55 Å². The van der Waals surface area contributed by atoms with Gasteiger partial charge in [0.1, 0.15) is 4.91 Å². The molecule has 0 heterocycles. The van der Waals surface area contributed by atoms with Crippen molar-refractivity contribution in [2.75, 3.05) is 0 Å². The molecular formula is C10H5NO7S. The highest BCUT2D eigenvalue weighted by Gasteiger charge is 2.32. The summed E-state index contributed by atoms with van der Waals surface area (Å²) in [4.78, 5) is 31.8. The number of fused-ring (bicyclic) bond motifs is 1. The number of Topliss-reactive ketones (excluding diaryl/α,β-unsaturated/α-hetero) is 1. The lowest BCUT2D eigenvalue weighted by Crippen LogP contribution is -2.21. The minimum atomic E-state index is -4.77. The van der Waals surface area contributed by atoms with Crippen LogP contribution in [0.3, 0.4) is 0 Å². The highest BCUT2D eigenvalue weighted by Crippen LogP contribution is 2.31. The molecule has 0 atom stereocenters. The van der Waals surface area contributed by atoms with E-state index in [1.54, 1.807) is 0 Å². The third-order valence-corrected chi connectivity index (χ3v) is 3.38. The van der Waals surface area contributed by atoms with Gasteiger partial charge in [-0.15, -0.1) is 0 Å². The fraction of sp³-hybridized carbons (Fsp3) is 0. The Bertz CT molecular complexity index is 760. The molecule has 98 valence electrons. The molecule has 2 rings (SSSR count). The Hall–Kier alpha value is -2.39. The van der Waals surface area contributed by atoms with Crippen molar-refractivity contribution in [3.05, 3.63) is 45.5 Å². The van der Waals surface area contributed by atoms with E-state index in [1.807, 2.05) is 0 Å². The first-order chi connectivity index (χ1) is 8.71. The Kier molecular flexibility index (Phi) is 2.80. The average molecular weight is 283 g/mol. The van der Waals surface area contributed by atoms with Gasteiger partial charge < -0.3 is 0 Å². The summed E-state index contributed by atoms with van der Waals surface area (Å²) in [6.07, 6.45) is 0.448. The molecule has 1 N–H and O–H groups in total. The average Bonchev–Trinajstić information content (AvgIpc) is 2.31. The number of nitro groups is 1. The van der Waals surface area contributed by atoms with Crippen LogP contribution >= 0.6 is 0 Å². The zero-order valence-corrected chi connectivity index (χ0v) is 9.88. The van der Waals surface area contributed by atoms with Crippen molar-refractivity contribution in [2.45, 2.75) is 0 Å². The lowest BCUT2D eigenvalue weighted by Gasteiger charge is -2.13. The number of benzene rings is 1. The minimum Gasteiger partial charge on any atom is -0.286 e. The summed E-state index contributed by atoms with van der Waals surface area (Å²) in [5.41, 5.74) is -1.12. The van der Waals surface area contributed by atoms with Crippen molar-refractivity contribution in [1.82, 2.24) is 0 Å². The first kappa shape index (κ1) is 13.1. The second kappa shape index (κ2) is 4.07. The number of rotatable bonds is 2. The van der Waals surface area contributed by atoms with Gasteiger partial charge in [0.05, 0.1) is 4.92 Å². The third kappa shape index (κ3) is 2.16. The van der Waals surface area contributed by atoms with E-state index < -0.39 is 37.2 Å². The Morgan fingerprint density at radius 3 is 2.32 bits per heavy atom. The summed E-state index contributed by atoms with van der Waals surface area (Å²) < 4.78 is 31.3. The van der Waals surface area contributed by atoms with Crippen LogP contribution in [0.15, 0.2) is 24.3 Å². The molecule has 1 aliphatic rings. The maximum absolute atomic E-state index is 11.5. The van der Waals surface area contributed by atoms with Crippen LogP contribution in [-0.2, 0) is 14.9 Å². The maximum Gasteiger partial charge on any atom is 0.295 e. The molecule has 1 aromatic rings. The second-order valence-corrected chi connectivity index (χ2v) is 5.05. The first-order valence-corrected chi connectivity index (χ1v) is 6.22. The van der Waals surface area contributed by atoms with E-state index in [1.165, 1.54) is 0 Å². The van der Waals surface area contributed by atoms with E-state index in [2.05, 4.69) is 0 Å². The zero-order chi connectivity index (χ0) is 14.4. The Morgan fingerprint density at radius 1 is 1.16 bits per heavy atom.